The first-order valence-electron chi connectivity index (χ1n) is 10.2. The van der Waals surface area contributed by atoms with Gasteiger partial charge in [0.2, 0.25) is 0 Å². The zero-order chi connectivity index (χ0) is 18.2. The van der Waals surface area contributed by atoms with E-state index in [-0.39, 0.29) is 5.91 Å². The van der Waals surface area contributed by atoms with Crippen LogP contribution in [0.3, 0.4) is 0 Å². The normalized spacial score (nSPS) is 25.3. The van der Waals surface area contributed by atoms with Gasteiger partial charge in [0.15, 0.2) is 0 Å². The topological polar surface area (TPSA) is 36.1 Å². The summed E-state index contributed by atoms with van der Waals surface area (Å²) in [6.45, 7) is 0.863. The van der Waals surface area contributed by atoms with Crippen LogP contribution in [0.1, 0.15) is 53.9 Å². The summed E-state index contributed by atoms with van der Waals surface area (Å²) < 4.78 is 0. The predicted molar refractivity (Wildman–Crippen MR) is 109 cm³/mol. The van der Waals surface area contributed by atoms with Crippen molar-refractivity contribution in [2.75, 3.05) is 6.54 Å². The number of aromatic nitrogens is 1. The summed E-state index contributed by atoms with van der Waals surface area (Å²) in [4.78, 5) is 18.8. The SMILES string of the molecule is O=C(c1ccc2cc[nH]c2c1)N1CC[C@H](c2ccccc2)[C@H]2CCCC[C@H]21. The Kier molecular flexibility index (Phi) is 4.23. The number of carbonyl (C=O) groups is 1. The molecule has 2 aliphatic rings. The Morgan fingerprint density at radius 1 is 0.963 bits per heavy atom. The molecule has 3 heteroatoms. The van der Waals surface area contributed by atoms with Gasteiger partial charge in [0, 0.05) is 29.9 Å². The van der Waals surface area contributed by atoms with E-state index in [9.17, 15) is 4.79 Å². The van der Waals surface area contributed by atoms with Crippen molar-refractivity contribution in [3.63, 3.8) is 0 Å². The number of hydrogen-bond acceptors (Lipinski definition) is 1. The third-order valence-corrected chi connectivity index (χ3v) is 6.67. The van der Waals surface area contributed by atoms with Crippen molar-refractivity contribution in [2.45, 2.75) is 44.1 Å². The van der Waals surface area contributed by atoms with Gasteiger partial charge in [-0.05, 0) is 60.2 Å². The van der Waals surface area contributed by atoms with E-state index in [1.54, 1.807) is 0 Å². The molecule has 3 atom stereocenters. The molecule has 2 aromatic carbocycles. The molecule has 1 saturated heterocycles. The number of nitrogens with one attached hydrogen (secondary N) is 1. The summed E-state index contributed by atoms with van der Waals surface area (Å²) in [5.41, 5.74) is 3.31. The fourth-order valence-electron chi connectivity index (χ4n) is 5.37. The molecular formula is C24H26N2O. The van der Waals surface area contributed by atoms with E-state index in [1.807, 2.05) is 30.5 Å². The number of amides is 1. The number of carbonyl (C=O) groups excluding carboxylic acids is 1. The van der Waals surface area contributed by atoms with Gasteiger partial charge >= 0.3 is 0 Å². The van der Waals surface area contributed by atoms with Crippen molar-refractivity contribution in [3.05, 3.63) is 71.9 Å². The minimum Gasteiger partial charge on any atom is -0.361 e. The molecule has 1 N–H and O–H groups in total. The molecule has 3 nitrogen and oxygen atoms in total. The fraction of sp³-hybridized carbons (Fsp3) is 0.375. The van der Waals surface area contributed by atoms with Crippen LogP contribution in [0, 0.1) is 5.92 Å². The number of fused-ring (bicyclic) bond motifs is 2. The maximum Gasteiger partial charge on any atom is 0.254 e. The summed E-state index contributed by atoms with van der Waals surface area (Å²) >= 11 is 0. The van der Waals surface area contributed by atoms with Crippen LogP contribution >= 0.6 is 0 Å². The van der Waals surface area contributed by atoms with Crippen LogP contribution in [0.5, 0.6) is 0 Å². The summed E-state index contributed by atoms with van der Waals surface area (Å²) in [5.74, 6) is 1.38. The van der Waals surface area contributed by atoms with Gasteiger partial charge in [0.1, 0.15) is 0 Å². The van der Waals surface area contributed by atoms with E-state index in [0.29, 0.717) is 17.9 Å². The second-order valence-corrected chi connectivity index (χ2v) is 8.10. The number of nitrogens with zero attached hydrogens (tertiary/aromatic N) is 1. The fourth-order valence-corrected chi connectivity index (χ4v) is 5.37. The molecule has 0 radical (unpaired) electrons. The molecule has 3 aromatic rings. The molecule has 0 bridgehead atoms. The number of hydrogen-bond donors (Lipinski definition) is 1. The molecule has 1 aromatic heterocycles. The summed E-state index contributed by atoms with van der Waals surface area (Å²) in [7, 11) is 0. The standard InChI is InChI=1S/C24H26N2O/c27-24(19-11-10-18-12-14-25-22(18)16-19)26-15-13-20(17-6-2-1-3-7-17)21-8-4-5-9-23(21)26/h1-3,6-7,10-12,14,16,20-21,23,25H,4-5,8-9,13,15H2/t20-,21-,23-/m1/s1. The zero-order valence-electron chi connectivity index (χ0n) is 15.6. The molecular weight excluding hydrogens is 332 g/mol. The van der Waals surface area contributed by atoms with Crippen LogP contribution in [0.15, 0.2) is 60.8 Å². The molecule has 0 spiro atoms. The van der Waals surface area contributed by atoms with Gasteiger partial charge in [0.05, 0.1) is 0 Å². The Balaban J connectivity index is 1.44. The van der Waals surface area contributed by atoms with Gasteiger partial charge < -0.3 is 9.88 Å². The Morgan fingerprint density at radius 2 is 1.81 bits per heavy atom. The molecule has 0 unspecified atom stereocenters. The van der Waals surface area contributed by atoms with Crippen molar-refractivity contribution < 1.29 is 4.79 Å². The quantitative estimate of drug-likeness (QED) is 0.658. The molecule has 1 saturated carbocycles. The van der Waals surface area contributed by atoms with Gasteiger partial charge in [-0.2, -0.15) is 0 Å². The average molecular weight is 358 g/mol. The molecule has 27 heavy (non-hydrogen) atoms. The van der Waals surface area contributed by atoms with E-state index in [2.05, 4.69) is 40.2 Å². The minimum absolute atomic E-state index is 0.204. The van der Waals surface area contributed by atoms with Gasteiger partial charge in [-0.1, -0.05) is 49.2 Å². The van der Waals surface area contributed by atoms with Crippen molar-refractivity contribution in [1.82, 2.24) is 9.88 Å². The highest BCUT2D eigenvalue weighted by atomic mass is 16.2. The lowest BCUT2D eigenvalue weighted by atomic mass is 9.69. The Morgan fingerprint density at radius 3 is 2.70 bits per heavy atom. The third-order valence-electron chi connectivity index (χ3n) is 6.67. The lowest BCUT2D eigenvalue weighted by molar-refractivity contribution is 0.0319. The largest absolute Gasteiger partial charge is 0.361 e. The number of likely N-dealkylation sites (tertiary alicyclic amines) is 1. The van der Waals surface area contributed by atoms with Crippen molar-refractivity contribution >= 4 is 16.8 Å². The Hall–Kier alpha value is -2.55. The highest BCUT2D eigenvalue weighted by Gasteiger charge is 2.41. The van der Waals surface area contributed by atoms with E-state index in [4.69, 9.17) is 0 Å². The highest BCUT2D eigenvalue weighted by molar-refractivity contribution is 5.98. The molecule has 2 fully saturated rings. The van der Waals surface area contributed by atoms with Crippen LogP contribution in [-0.2, 0) is 0 Å². The van der Waals surface area contributed by atoms with Crippen LogP contribution in [0.4, 0.5) is 0 Å². The summed E-state index contributed by atoms with van der Waals surface area (Å²) in [6.07, 6.45) is 7.92. The summed E-state index contributed by atoms with van der Waals surface area (Å²) in [6, 6.07) is 19.4. The van der Waals surface area contributed by atoms with Crippen LogP contribution in [-0.4, -0.2) is 28.4 Å². The molecule has 5 rings (SSSR count). The highest BCUT2D eigenvalue weighted by Crippen LogP contribution is 2.44. The Bertz CT molecular complexity index is 945. The van der Waals surface area contributed by atoms with E-state index in [1.165, 1.54) is 24.8 Å². The lowest BCUT2D eigenvalue weighted by Crippen LogP contribution is -2.52. The van der Waals surface area contributed by atoms with Crippen LogP contribution in [0.2, 0.25) is 0 Å². The van der Waals surface area contributed by atoms with Crippen LogP contribution < -0.4 is 0 Å². The molecule has 138 valence electrons. The van der Waals surface area contributed by atoms with E-state index >= 15 is 0 Å². The summed E-state index contributed by atoms with van der Waals surface area (Å²) in [5, 5.41) is 1.16. The monoisotopic (exact) mass is 358 g/mol. The molecule has 1 aliphatic carbocycles. The van der Waals surface area contributed by atoms with Gasteiger partial charge in [0.25, 0.3) is 5.91 Å². The van der Waals surface area contributed by atoms with Crippen molar-refractivity contribution in [2.24, 2.45) is 5.92 Å². The second kappa shape index (κ2) is 6.88. The zero-order valence-corrected chi connectivity index (χ0v) is 15.6. The Labute approximate surface area is 160 Å². The predicted octanol–water partition coefficient (Wildman–Crippen LogP) is 5.36. The number of H-pyrrole nitrogens is 1. The lowest BCUT2D eigenvalue weighted by Gasteiger charge is -2.48. The first-order valence-corrected chi connectivity index (χ1v) is 10.2. The number of rotatable bonds is 2. The average Bonchev–Trinajstić information content (AvgIpc) is 3.21. The number of aromatic amines is 1. The van der Waals surface area contributed by atoms with E-state index in [0.717, 1.165) is 35.9 Å². The molecule has 2 heterocycles. The third kappa shape index (κ3) is 2.95. The van der Waals surface area contributed by atoms with Crippen molar-refractivity contribution in [3.8, 4) is 0 Å². The van der Waals surface area contributed by atoms with Crippen LogP contribution in [0.25, 0.3) is 10.9 Å². The van der Waals surface area contributed by atoms with Gasteiger partial charge in [-0.3, -0.25) is 4.79 Å². The number of piperidine rings is 1. The van der Waals surface area contributed by atoms with E-state index < -0.39 is 0 Å². The molecule has 1 amide bonds. The smallest absolute Gasteiger partial charge is 0.254 e. The van der Waals surface area contributed by atoms with Crippen molar-refractivity contribution in [1.29, 1.82) is 0 Å². The van der Waals surface area contributed by atoms with Gasteiger partial charge in [-0.25, -0.2) is 0 Å². The first-order chi connectivity index (χ1) is 13.3. The minimum atomic E-state index is 0.204. The second-order valence-electron chi connectivity index (χ2n) is 8.10. The number of benzene rings is 2. The first kappa shape index (κ1) is 16.6. The molecule has 1 aliphatic heterocycles. The maximum atomic E-state index is 13.4. The van der Waals surface area contributed by atoms with Gasteiger partial charge in [-0.15, -0.1) is 0 Å². The maximum absolute atomic E-state index is 13.4.